The zero-order chi connectivity index (χ0) is 15.4. The molecule has 2 N–H and O–H groups in total. The zero-order valence-electron chi connectivity index (χ0n) is 12.7. The molecule has 1 aromatic carbocycles. The average molecular weight is 299 g/mol. The molecule has 0 radical (unpaired) electrons. The lowest BCUT2D eigenvalue weighted by Crippen LogP contribution is -2.24. The molecule has 22 heavy (non-hydrogen) atoms. The fraction of sp³-hybridized carbons (Fsp3) is 0.438. The summed E-state index contributed by atoms with van der Waals surface area (Å²) < 4.78 is 1.90. The van der Waals surface area contributed by atoms with Crippen molar-refractivity contribution in [2.75, 3.05) is 18.9 Å². The van der Waals surface area contributed by atoms with Crippen molar-refractivity contribution in [1.82, 2.24) is 20.3 Å². The molecular weight excluding hydrogens is 278 g/mol. The van der Waals surface area contributed by atoms with Crippen molar-refractivity contribution in [3.05, 3.63) is 30.5 Å². The van der Waals surface area contributed by atoms with Crippen LogP contribution in [0.15, 0.2) is 30.5 Å². The third kappa shape index (κ3) is 3.92. The number of nitrogens with zero attached hydrogens (tertiary/aromatic N) is 3. The Morgan fingerprint density at radius 3 is 3.05 bits per heavy atom. The molecule has 1 saturated carbocycles. The van der Waals surface area contributed by atoms with Crippen LogP contribution in [0.2, 0.25) is 0 Å². The summed E-state index contributed by atoms with van der Waals surface area (Å²) in [4.78, 5) is 11.6. The van der Waals surface area contributed by atoms with E-state index < -0.39 is 0 Å². The van der Waals surface area contributed by atoms with Crippen LogP contribution in [0.5, 0.6) is 0 Å². The number of benzene rings is 1. The van der Waals surface area contributed by atoms with Gasteiger partial charge in [0, 0.05) is 17.8 Å². The highest BCUT2D eigenvalue weighted by atomic mass is 16.1. The highest BCUT2D eigenvalue weighted by Gasteiger charge is 2.20. The first kappa shape index (κ1) is 14.7. The van der Waals surface area contributed by atoms with Gasteiger partial charge in [-0.15, -0.1) is 5.10 Å². The second-order valence-corrected chi connectivity index (χ2v) is 5.76. The predicted molar refractivity (Wildman–Crippen MR) is 85.4 cm³/mol. The van der Waals surface area contributed by atoms with E-state index in [0.717, 1.165) is 29.4 Å². The summed E-state index contributed by atoms with van der Waals surface area (Å²) in [7, 11) is 1.75. The molecule has 1 heterocycles. The summed E-state index contributed by atoms with van der Waals surface area (Å²) in [5, 5.41) is 14.1. The molecule has 1 fully saturated rings. The Morgan fingerprint density at radius 2 is 2.27 bits per heavy atom. The third-order valence-corrected chi connectivity index (χ3v) is 3.78. The van der Waals surface area contributed by atoms with Gasteiger partial charge in [-0.25, -0.2) is 0 Å². The zero-order valence-corrected chi connectivity index (χ0v) is 12.7. The number of nitrogens with one attached hydrogen (secondary N) is 2. The van der Waals surface area contributed by atoms with Crippen LogP contribution < -0.4 is 10.6 Å². The van der Waals surface area contributed by atoms with Gasteiger partial charge in [0.1, 0.15) is 5.69 Å². The largest absolute Gasteiger partial charge is 0.325 e. The van der Waals surface area contributed by atoms with Crippen molar-refractivity contribution >= 4 is 11.6 Å². The molecule has 1 aromatic heterocycles. The van der Waals surface area contributed by atoms with Crippen LogP contribution in [-0.4, -0.2) is 34.5 Å². The van der Waals surface area contributed by atoms with E-state index in [1.807, 2.05) is 35.1 Å². The summed E-state index contributed by atoms with van der Waals surface area (Å²) in [5.74, 6) is 0.825. The van der Waals surface area contributed by atoms with Crippen LogP contribution in [-0.2, 0) is 11.3 Å². The minimum atomic E-state index is -0.0623. The number of aryl methyl sites for hydroxylation is 1. The number of amides is 1. The van der Waals surface area contributed by atoms with Crippen molar-refractivity contribution < 1.29 is 4.79 Å². The van der Waals surface area contributed by atoms with Crippen LogP contribution in [0, 0.1) is 5.92 Å². The second kappa shape index (κ2) is 6.70. The van der Waals surface area contributed by atoms with Gasteiger partial charge in [0.05, 0.1) is 12.7 Å². The molecule has 0 saturated heterocycles. The second-order valence-electron chi connectivity index (χ2n) is 5.76. The Labute approximate surface area is 129 Å². The first-order valence-corrected chi connectivity index (χ1v) is 7.69. The summed E-state index contributed by atoms with van der Waals surface area (Å²) >= 11 is 0. The van der Waals surface area contributed by atoms with Crippen molar-refractivity contribution in [3.63, 3.8) is 0 Å². The van der Waals surface area contributed by atoms with Gasteiger partial charge in [0.2, 0.25) is 5.91 Å². The highest BCUT2D eigenvalue weighted by Crippen LogP contribution is 2.32. The topological polar surface area (TPSA) is 71.8 Å². The minimum absolute atomic E-state index is 0.0623. The maximum absolute atomic E-state index is 11.6. The molecule has 0 spiro atoms. The van der Waals surface area contributed by atoms with E-state index in [-0.39, 0.29) is 5.91 Å². The van der Waals surface area contributed by atoms with Crippen molar-refractivity contribution in [2.45, 2.75) is 25.8 Å². The number of anilines is 1. The number of aromatic nitrogens is 3. The Kier molecular flexibility index (Phi) is 4.48. The van der Waals surface area contributed by atoms with Gasteiger partial charge in [-0.1, -0.05) is 30.2 Å². The lowest BCUT2D eigenvalue weighted by atomic mass is 10.1. The van der Waals surface area contributed by atoms with Crippen LogP contribution in [0.25, 0.3) is 11.3 Å². The van der Waals surface area contributed by atoms with Gasteiger partial charge in [0.25, 0.3) is 0 Å². The number of likely N-dealkylation sites (N-methyl/N-ethyl adjacent to an activating group) is 1. The first-order valence-electron chi connectivity index (χ1n) is 7.69. The molecule has 1 aliphatic carbocycles. The highest BCUT2D eigenvalue weighted by molar-refractivity contribution is 5.92. The van der Waals surface area contributed by atoms with Gasteiger partial charge >= 0.3 is 0 Å². The maximum atomic E-state index is 11.6. The SMILES string of the molecule is CNCC(=O)Nc1cccc(-c2cn(CCC3CC3)nn2)c1. The van der Waals surface area contributed by atoms with Gasteiger partial charge < -0.3 is 10.6 Å². The lowest BCUT2D eigenvalue weighted by molar-refractivity contribution is -0.115. The average Bonchev–Trinajstić information content (AvgIpc) is 3.22. The maximum Gasteiger partial charge on any atom is 0.238 e. The molecule has 2 aromatic rings. The van der Waals surface area contributed by atoms with Gasteiger partial charge in [-0.2, -0.15) is 0 Å². The fourth-order valence-electron chi connectivity index (χ4n) is 2.38. The molecule has 0 bridgehead atoms. The minimum Gasteiger partial charge on any atom is -0.325 e. The van der Waals surface area contributed by atoms with Gasteiger partial charge in [-0.3, -0.25) is 9.48 Å². The number of carbonyl (C=O) groups is 1. The summed E-state index contributed by atoms with van der Waals surface area (Å²) in [6.07, 6.45) is 5.87. The number of hydrogen-bond donors (Lipinski definition) is 2. The standard InChI is InChI=1S/C16H21N5O/c1-17-10-16(22)18-14-4-2-3-13(9-14)15-11-21(20-19-15)8-7-12-5-6-12/h2-4,9,11-12,17H,5-8,10H2,1H3,(H,18,22). The molecule has 0 atom stereocenters. The van der Waals surface area contributed by atoms with Crippen LogP contribution in [0.3, 0.4) is 0 Å². The normalized spacial score (nSPS) is 14.0. The van der Waals surface area contributed by atoms with Crippen molar-refractivity contribution in [2.24, 2.45) is 5.92 Å². The Morgan fingerprint density at radius 1 is 1.41 bits per heavy atom. The molecule has 1 aliphatic rings. The van der Waals surface area contributed by atoms with E-state index in [4.69, 9.17) is 0 Å². The van der Waals surface area contributed by atoms with Crippen molar-refractivity contribution in [1.29, 1.82) is 0 Å². The van der Waals surface area contributed by atoms with Crippen molar-refractivity contribution in [3.8, 4) is 11.3 Å². The fourth-order valence-corrected chi connectivity index (χ4v) is 2.38. The van der Waals surface area contributed by atoms with E-state index in [1.165, 1.54) is 19.3 Å². The Balaban J connectivity index is 1.66. The Bertz CT molecular complexity index is 647. The van der Waals surface area contributed by atoms with Gasteiger partial charge in [0.15, 0.2) is 0 Å². The van der Waals surface area contributed by atoms with Crippen LogP contribution >= 0.6 is 0 Å². The first-order chi connectivity index (χ1) is 10.7. The van der Waals surface area contributed by atoms with E-state index in [2.05, 4.69) is 20.9 Å². The molecule has 0 aliphatic heterocycles. The molecule has 116 valence electrons. The lowest BCUT2D eigenvalue weighted by Gasteiger charge is -2.05. The summed E-state index contributed by atoms with van der Waals surface area (Å²) in [5.41, 5.74) is 2.56. The van der Waals surface area contributed by atoms with Gasteiger partial charge in [-0.05, 0) is 31.5 Å². The molecule has 6 heteroatoms. The Hall–Kier alpha value is -2.21. The molecule has 1 amide bonds. The van der Waals surface area contributed by atoms with E-state index >= 15 is 0 Å². The molecular formula is C16H21N5O. The summed E-state index contributed by atoms with van der Waals surface area (Å²) in [6.45, 7) is 1.22. The van der Waals surface area contributed by atoms with Crippen LogP contribution in [0.1, 0.15) is 19.3 Å². The van der Waals surface area contributed by atoms with E-state index in [1.54, 1.807) is 7.05 Å². The molecule has 0 unspecified atom stereocenters. The molecule has 6 nitrogen and oxygen atoms in total. The third-order valence-electron chi connectivity index (χ3n) is 3.78. The monoisotopic (exact) mass is 299 g/mol. The van der Waals surface area contributed by atoms with E-state index in [9.17, 15) is 4.79 Å². The number of carbonyl (C=O) groups excluding carboxylic acids is 1. The molecule has 3 rings (SSSR count). The summed E-state index contributed by atoms with van der Waals surface area (Å²) in [6, 6.07) is 7.67. The van der Waals surface area contributed by atoms with E-state index in [0.29, 0.717) is 6.54 Å². The predicted octanol–water partition coefficient (Wildman–Crippen LogP) is 1.90. The van der Waals surface area contributed by atoms with Crippen LogP contribution in [0.4, 0.5) is 5.69 Å². The smallest absolute Gasteiger partial charge is 0.238 e. The number of rotatable bonds is 7. The number of hydrogen-bond acceptors (Lipinski definition) is 4. The quantitative estimate of drug-likeness (QED) is 0.819.